The van der Waals surface area contributed by atoms with Crippen molar-refractivity contribution in [2.45, 2.75) is 11.1 Å². The third kappa shape index (κ3) is 6.11. The number of anilines is 2. The Morgan fingerprint density at radius 2 is 1.69 bits per heavy atom. The maximum atomic E-state index is 13.3. The van der Waals surface area contributed by atoms with Crippen LogP contribution in [0.5, 0.6) is 0 Å². The second-order valence-corrected chi connectivity index (χ2v) is 9.38. The average Bonchev–Trinajstić information content (AvgIpc) is 2.83. The van der Waals surface area contributed by atoms with E-state index in [-0.39, 0.29) is 26.9 Å². The van der Waals surface area contributed by atoms with E-state index in [9.17, 15) is 31.2 Å². The summed E-state index contributed by atoms with van der Waals surface area (Å²) in [5, 5.41) is 2.44. The highest BCUT2D eigenvalue weighted by Crippen LogP contribution is 2.33. The number of nitrogens with zero attached hydrogens (tertiary/aromatic N) is 1. The molecule has 184 valence electrons. The summed E-state index contributed by atoms with van der Waals surface area (Å²) in [6, 6.07) is 14.5. The van der Waals surface area contributed by atoms with Crippen molar-refractivity contribution in [2.24, 2.45) is 0 Å². The van der Waals surface area contributed by atoms with Crippen LogP contribution >= 0.6 is 11.6 Å². The van der Waals surface area contributed by atoms with Crippen LogP contribution in [0.4, 0.5) is 24.5 Å². The molecule has 7 nitrogen and oxygen atoms in total. The van der Waals surface area contributed by atoms with Crippen LogP contribution in [0.25, 0.3) is 0 Å². The molecule has 1 amide bonds. The van der Waals surface area contributed by atoms with Crippen LogP contribution in [-0.4, -0.2) is 33.9 Å². The molecule has 0 radical (unpaired) electrons. The van der Waals surface area contributed by atoms with E-state index in [1.165, 1.54) is 42.5 Å². The lowest BCUT2D eigenvalue weighted by Crippen LogP contribution is -2.38. The summed E-state index contributed by atoms with van der Waals surface area (Å²) in [5.74, 6) is -1.61. The van der Waals surface area contributed by atoms with Crippen LogP contribution < -0.4 is 9.62 Å². The molecule has 0 bridgehead atoms. The Bertz CT molecular complexity index is 1350. The number of rotatable bonds is 7. The van der Waals surface area contributed by atoms with Gasteiger partial charge in [0.1, 0.15) is 6.54 Å². The lowest BCUT2D eigenvalue weighted by atomic mass is 10.2. The Labute approximate surface area is 204 Å². The zero-order chi connectivity index (χ0) is 25.8. The SMILES string of the molecule is COC(=O)c1ccc(Cl)c(NC(=O)CN(c2cccc(C(F)(F)F)c2)S(=O)(=O)c2ccccc2)c1. The van der Waals surface area contributed by atoms with E-state index < -0.39 is 40.2 Å². The minimum atomic E-state index is -4.73. The molecule has 0 saturated heterocycles. The monoisotopic (exact) mass is 526 g/mol. The van der Waals surface area contributed by atoms with E-state index in [1.807, 2.05) is 0 Å². The van der Waals surface area contributed by atoms with Gasteiger partial charge in [0.25, 0.3) is 10.0 Å². The molecule has 35 heavy (non-hydrogen) atoms. The second kappa shape index (κ2) is 10.4. The molecule has 0 heterocycles. The van der Waals surface area contributed by atoms with Gasteiger partial charge in [-0.25, -0.2) is 13.2 Å². The van der Waals surface area contributed by atoms with Crippen LogP contribution in [-0.2, 0) is 25.7 Å². The molecule has 3 rings (SSSR count). The molecule has 3 aromatic rings. The lowest BCUT2D eigenvalue weighted by Gasteiger charge is -2.25. The van der Waals surface area contributed by atoms with Crippen molar-refractivity contribution in [3.8, 4) is 0 Å². The largest absolute Gasteiger partial charge is 0.465 e. The number of carbonyl (C=O) groups is 2. The fourth-order valence-electron chi connectivity index (χ4n) is 3.06. The van der Waals surface area contributed by atoms with Gasteiger partial charge in [-0.2, -0.15) is 13.2 Å². The third-order valence-electron chi connectivity index (χ3n) is 4.74. The Balaban J connectivity index is 2.00. The number of nitrogens with one attached hydrogen (secondary N) is 1. The van der Waals surface area contributed by atoms with E-state index in [0.717, 1.165) is 25.3 Å². The first-order valence-electron chi connectivity index (χ1n) is 9.86. The second-order valence-electron chi connectivity index (χ2n) is 7.11. The van der Waals surface area contributed by atoms with Gasteiger partial charge in [0.15, 0.2) is 0 Å². The van der Waals surface area contributed by atoms with Gasteiger partial charge < -0.3 is 10.1 Å². The summed E-state index contributed by atoms with van der Waals surface area (Å²) < 4.78 is 71.6. The van der Waals surface area contributed by atoms with Crippen molar-refractivity contribution in [3.63, 3.8) is 0 Å². The van der Waals surface area contributed by atoms with Gasteiger partial charge >= 0.3 is 12.1 Å². The number of esters is 1. The van der Waals surface area contributed by atoms with Gasteiger partial charge in [-0.1, -0.05) is 35.9 Å². The minimum absolute atomic E-state index is 0.0133. The van der Waals surface area contributed by atoms with Gasteiger partial charge in [-0.3, -0.25) is 9.10 Å². The van der Waals surface area contributed by atoms with Gasteiger partial charge in [0.05, 0.1) is 39.5 Å². The van der Waals surface area contributed by atoms with Crippen LogP contribution in [0.1, 0.15) is 15.9 Å². The average molecular weight is 527 g/mol. The molecule has 1 N–H and O–H groups in total. The number of hydrogen-bond acceptors (Lipinski definition) is 5. The molecule has 0 aliphatic rings. The van der Waals surface area contributed by atoms with Gasteiger partial charge in [-0.05, 0) is 48.5 Å². The topological polar surface area (TPSA) is 92.8 Å². The first-order valence-corrected chi connectivity index (χ1v) is 11.7. The number of alkyl halides is 3. The Morgan fingerprint density at radius 1 is 1.00 bits per heavy atom. The minimum Gasteiger partial charge on any atom is -0.465 e. The summed E-state index contributed by atoms with van der Waals surface area (Å²) in [4.78, 5) is 24.4. The molecule has 12 heteroatoms. The first-order chi connectivity index (χ1) is 16.4. The highest BCUT2D eigenvalue weighted by Gasteiger charge is 2.33. The van der Waals surface area contributed by atoms with Gasteiger partial charge in [0.2, 0.25) is 5.91 Å². The highest BCUT2D eigenvalue weighted by molar-refractivity contribution is 7.92. The number of carbonyl (C=O) groups excluding carboxylic acids is 2. The molecule has 0 spiro atoms. The number of ether oxygens (including phenoxy) is 1. The molecule has 0 aliphatic heterocycles. The number of amides is 1. The summed E-state index contributed by atoms with van der Waals surface area (Å²) in [7, 11) is -3.28. The molecule has 3 aromatic carbocycles. The van der Waals surface area contributed by atoms with Crippen molar-refractivity contribution in [3.05, 3.63) is 88.9 Å². The van der Waals surface area contributed by atoms with E-state index in [4.69, 9.17) is 11.6 Å². The van der Waals surface area contributed by atoms with Gasteiger partial charge in [0, 0.05) is 0 Å². The van der Waals surface area contributed by atoms with Crippen molar-refractivity contribution in [1.82, 2.24) is 0 Å². The van der Waals surface area contributed by atoms with Crippen molar-refractivity contribution >= 4 is 44.9 Å². The number of sulfonamides is 1. The molecule has 0 aliphatic carbocycles. The molecule has 0 fully saturated rings. The lowest BCUT2D eigenvalue weighted by molar-refractivity contribution is -0.137. The fraction of sp³-hybridized carbons (Fsp3) is 0.130. The van der Waals surface area contributed by atoms with E-state index in [2.05, 4.69) is 10.1 Å². The first kappa shape index (κ1) is 26.0. The number of methoxy groups -OCH3 is 1. The predicted octanol–water partition coefficient (Wildman–Crippen LogP) is 4.98. The number of benzene rings is 3. The van der Waals surface area contributed by atoms with Crippen LogP contribution in [0, 0.1) is 0 Å². The predicted molar refractivity (Wildman–Crippen MR) is 124 cm³/mol. The van der Waals surface area contributed by atoms with Crippen LogP contribution in [0.15, 0.2) is 77.7 Å². The normalized spacial score (nSPS) is 11.6. The van der Waals surface area contributed by atoms with Crippen molar-refractivity contribution in [1.29, 1.82) is 0 Å². The Hall–Kier alpha value is -3.57. The molecule has 0 unspecified atom stereocenters. The molecular weight excluding hydrogens is 509 g/mol. The van der Waals surface area contributed by atoms with Crippen LogP contribution in [0.2, 0.25) is 5.02 Å². The number of halogens is 4. The Kier molecular flexibility index (Phi) is 7.71. The zero-order valence-corrected chi connectivity index (χ0v) is 19.6. The Morgan fingerprint density at radius 3 is 2.31 bits per heavy atom. The van der Waals surface area contributed by atoms with E-state index >= 15 is 0 Å². The van der Waals surface area contributed by atoms with Crippen LogP contribution in [0.3, 0.4) is 0 Å². The molecule has 0 atom stereocenters. The smallest absolute Gasteiger partial charge is 0.416 e. The zero-order valence-electron chi connectivity index (χ0n) is 18.0. The quantitative estimate of drug-likeness (QED) is 0.438. The van der Waals surface area contributed by atoms with E-state index in [1.54, 1.807) is 6.07 Å². The summed E-state index contributed by atoms with van der Waals surface area (Å²) in [5.41, 5.74) is -1.40. The number of hydrogen-bond donors (Lipinski definition) is 1. The van der Waals surface area contributed by atoms with Crippen molar-refractivity contribution in [2.75, 3.05) is 23.3 Å². The maximum absolute atomic E-state index is 13.3. The highest BCUT2D eigenvalue weighted by atomic mass is 35.5. The summed E-state index contributed by atoms with van der Waals surface area (Å²) in [6.45, 7) is -0.878. The summed E-state index contributed by atoms with van der Waals surface area (Å²) in [6.07, 6.45) is -4.73. The fourth-order valence-corrected chi connectivity index (χ4v) is 4.66. The van der Waals surface area contributed by atoms with Gasteiger partial charge in [-0.15, -0.1) is 0 Å². The molecule has 0 aromatic heterocycles. The maximum Gasteiger partial charge on any atom is 0.416 e. The van der Waals surface area contributed by atoms with Crippen molar-refractivity contribution < 1.29 is 35.9 Å². The third-order valence-corrected chi connectivity index (χ3v) is 6.86. The van der Waals surface area contributed by atoms with E-state index in [0.29, 0.717) is 10.4 Å². The standard InChI is InChI=1S/C23H18ClF3N2O5S/c1-34-22(31)15-10-11-19(24)20(12-15)28-21(30)14-29(35(32,33)18-8-3-2-4-9-18)17-7-5-6-16(13-17)23(25,26)27/h2-13H,14H2,1H3,(H,28,30). The molecular formula is C23H18ClF3N2O5S. The molecule has 0 saturated carbocycles. The summed E-state index contributed by atoms with van der Waals surface area (Å²) >= 11 is 6.07.